The predicted molar refractivity (Wildman–Crippen MR) is 208 cm³/mol. The van der Waals surface area contributed by atoms with E-state index in [2.05, 4.69) is 158 Å². The Hall–Kier alpha value is -6.24. The molecule has 48 heavy (non-hydrogen) atoms. The molecule has 0 unspecified atom stereocenters. The number of hydrogen-bond acceptors (Lipinski definition) is 0. The van der Waals surface area contributed by atoms with E-state index in [0.717, 1.165) is 0 Å². The number of fused-ring (bicyclic) bond motifs is 8. The minimum absolute atomic E-state index is 1.27. The maximum atomic E-state index is 2.43. The normalized spacial score (nSPS) is 12.6. The van der Waals surface area contributed by atoms with Crippen molar-refractivity contribution in [2.45, 2.75) is 0 Å². The van der Waals surface area contributed by atoms with Gasteiger partial charge < -0.3 is 0 Å². The Balaban J connectivity index is 1.45. The Morgan fingerprint density at radius 1 is 0.188 bits per heavy atom. The standard InChI is InChI=1S/C48H26/c1-3-11-29(12-4-1)41-45-35-21-9-17-28-18-10-22-36(40(28)35)46(45)42(30-13-5-2-6-14-30)48-38-26-24-34-32-20-8-16-27-15-7-19-31(39(27)32)33-23-25-37(47(41)48)44(38)43(33)34/h1-26H. The monoisotopic (exact) mass is 602 g/mol. The van der Waals surface area contributed by atoms with Crippen molar-refractivity contribution in [3.05, 3.63) is 158 Å². The third-order valence-electron chi connectivity index (χ3n) is 11.3. The molecule has 0 nitrogen and oxygen atoms in total. The molecule has 218 valence electrons. The van der Waals surface area contributed by atoms with Gasteiger partial charge in [0.25, 0.3) is 0 Å². The molecule has 0 saturated heterocycles. The van der Waals surface area contributed by atoms with Crippen molar-refractivity contribution in [3.63, 3.8) is 0 Å². The molecule has 0 aliphatic rings. The molecule has 0 amide bonds. The average Bonchev–Trinajstić information content (AvgIpc) is 3.66. The maximum absolute atomic E-state index is 2.43. The van der Waals surface area contributed by atoms with Crippen molar-refractivity contribution < 1.29 is 0 Å². The molecule has 0 aliphatic heterocycles. The third-order valence-corrected chi connectivity index (χ3v) is 11.3. The van der Waals surface area contributed by atoms with Gasteiger partial charge in [0, 0.05) is 0 Å². The molecule has 0 heteroatoms. The molecule has 0 heterocycles. The lowest BCUT2D eigenvalue weighted by molar-refractivity contribution is 1.68. The van der Waals surface area contributed by atoms with E-state index in [9.17, 15) is 0 Å². The van der Waals surface area contributed by atoms with Gasteiger partial charge in [-0.05, 0) is 119 Å². The summed E-state index contributed by atoms with van der Waals surface area (Å²) in [6.45, 7) is 0. The van der Waals surface area contributed by atoms with E-state index in [-0.39, 0.29) is 0 Å². The van der Waals surface area contributed by atoms with E-state index in [1.807, 2.05) is 0 Å². The van der Waals surface area contributed by atoms with Crippen LogP contribution < -0.4 is 0 Å². The Labute approximate surface area is 276 Å². The molecule has 0 saturated carbocycles. The largest absolute Gasteiger partial charge is 0.0622 e. The number of benzene rings is 10. The van der Waals surface area contributed by atoms with Crippen LogP contribution in [-0.4, -0.2) is 0 Å². The summed E-state index contributed by atoms with van der Waals surface area (Å²) in [4.78, 5) is 0. The minimum Gasteiger partial charge on any atom is -0.0622 e. The Morgan fingerprint density at radius 3 is 0.938 bits per heavy atom. The summed E-state index contributed by atoms with van der Waals surface area (Å²) in [6, 6.07) is 59.2. The Morgan fingerprint density at radius 2 is 0.500 bits per heavy atom. The molecule has 0 atom stereocenters. The zero-order chi connectivity index (χ0) is 31.1. The lowest BCUT2D eigenvalue weighted by atomic mass is 9.87. The smallest absolute Gasteiger partial charge is 0.000717 e. The van der Waals surface area contributed by atoms with Crippen molar-refractivity contribution in [2.24, 2.45) is 0 Å². The van der Waals surface area contributed by atoms with E-state index < -0.39 is 0 Å². The van der Waals surface area contributed by atoms with Gasteiger partial charge in [0.15, 0.2) is 0 Å². The van der Waals surface area contributed by atoms with Gasteiger partial charge in [-0.3, -0.25) is 0 Å². The summed E-state index contributed by atoms with van der Waals surface area (Å²) in [5, 5.41) is 24.3. The van der Waals surface area contributed by atoms with Gasteiger partial charge in [0.1, 0.15) is 0 Å². The molecule has 12 rings (SSSR count). The predicted octanol–water partition coefficient (Wildman–Crippen LogP) is 13.7. The first kappa shape index (κ1) is 24.9. The molecule has 0 aromatic heterocycles. The first-order valence-corrected chi connectivity index (χ1v) is 16.9. The highest BCUT2D eigenvalue weighted by Crippen LogP contribution is 2.56. The average molecular weight is 603 g/mol. The molecular weight excluding hydrogens is 577 g/mol. The highest BCUT2D eigenvalue weighted by atomic mass is 14.3. The highest BCUT2D eigenvalue weighted by molar-refractivity contribution is 6.49. The SMILES string of the molecule is c1ccc(-c2c3c4cccc5cccc(c3c(-c3ccccc3)c3c6ccc7c8cccc9cccc(c%10ccc(c23)c6c%107)c98)c54)cc1. The lowest BCUT2D eigenvalue weighted by Gasteiger charge is -2.15. The van der Waals surface area contributed by atoms with E-state index >= 15 is 0 Å². The second-order valence-corrected chi connectivity index (χ2v) is 13.5. The zero-order valence-corrected chi connectivity index (χ0v) is 26.0. The summed E-state index contributed by atoms with van der Waals surface area (Å²) in [5.41, 5.74) is 5.22. The van der Waals surface area contributed by atoms with Gasteiger partial charge in [-0.25, -0.2) is 0 Å². The van der Waals surface area contributed by atoms with E-state index in [0.29, 0.717) is 0 Å². The van der Waals surface area contributed by atoms with Crippen LogP contribution >= 0.6 is 0 Å². The Kier molecular flexibility index (Phi) is 4.55. The third kappa shape index (κ3) is 2.89. The fourth-order valence-electron chi connectivity index (χ4n) is 9.52. The first-order chi connectivity index (χ1) is 23.9. The molecule has 12 aromatic rings. The van der Waals surface area contributed by atoms with Gasteiger partial charge in [-0.2, -0.15) is 0 Å². The van der Waals surface area contributed by atoms with Crippen molar-refractivity contribution >= 4 is 97.0 Å². The van der Waals surface area contributed by atoms with Crippen LogP contribution in [-0.2, 0) is 0 Å². The van der Waals surface area contributed by atoms with Crippen molar-refractivity contribution in [3.8, 4) is 22.3 Å². The summed E-state index contributed by atoms with van der Waals surface area (Å²) >= 11 is 0. The molecular formula is C48H26. The van der Waals surface area contributed by atoms with Crippen molar-refractivity contribution in [2.75, 3.05) is 0 Å². The summed E-state index contributed by atoms with van der Waals surface area (Å²) in [6.07, 6.45) is 0. The minimum atomic E-state index is 1.27. The van der Waals surface area contributed by atoms with Crippen molar-refractivity contribution in [1.82, 2.24) is 0 Å². The lowest BCUT2D eigenvalue weighted by Crippen LogP contribution is -1.87. The van der Waals surface area contributed by atoms with Crippen LogP contribution in [0.2, 0.25) is 0 Å². The summed E-state index contributed by atoms with van der Waals surface area (Å²) in [5.74, 6) is 0. The Bertz CT molecular complexity index is 3030. The zero-order valence-electron chi connectivity index (χ0n) is 26.0. The number of hydrogen-bond donors (Lipinski definition) is 0. The molecule has 12 aromatic carbocycles. The fourth-order valence-corrected chi connectivity index (χ4v) is 9.52. The molecule has 0 N–H and O–H groups in total. The molecule has 0 bridgehead atoms. The molecule has 0 aliphatic carbocycles. The summed E-state index contributed by atoms with van der Waals surface area (Å²) in [7, 11) is 0. The van der Waals surface area contributed by atoms with Crippen LogP contribution in [0.4, 0.5) is 0 Å². The van der Waals surface area contributed by atoms with Crippen LogP contribution in [0, 0.1) is 0 Å². The van der Waals surface area contributed by atoms with Gasteiger partial charge >= 0.3 is 0 Å². The van der Waals surface area contributed by atoms with Crippen LogP contribution in [0.3, 0.4) is 0 Å². The highest BCUT2D eigenvalue weighted by Gasteiger charge is 2.28. The fraction of sp³-hybridized carbons (Fsp3) is 0. The van der Waals surface area contributed by atoms with Gasteiger partial charge in [-0.1, -0.05) is 158 Å². The van der Waals surface area contributed by atoms with Crippen molar-refractivity contribution in [1.29, 1.82) is 0 Å². The molecule has 0 fully saturated rings. The topological polar surface area (TPSA) is 0 Å². The van der Waals surface area contributed by atoms with Gasteiger partial charge in [0.2, 0.25) is 0 Å². The van der Waals surface area contributed by atoms with E-state index in [1.165, 1.54) is 119 Å². The maximum Gasteiger partial charge on any atom is -0.000717 e. The van der Waals surface area contributed by atoms with Crippen LogP contribution in [0.5, 0.6) is 0 Å². The summed E-state index contributed by atoms with van der Waals surface area (Å²) < 4.78 is 0. The molecule has 0 radical (unpaired) electrons. The first-order valence-electron chi connectivity index (χ1n) is 16.9. The second kappa shape index (κ2) is 8.76. The van der Waals surface area contributed by atoms with Crippen LogP contribution in [0.1, 0.15) is 0 Å². The van der Waals surface area contributed by atoms with Gasteiger partial charge in [-0.15, -0.1) is 0 Å². The molecule has 0 spiro atoms. The quantitative estimate of drug-likeness (QED) is 0.136. The van der Waals surface area contributed by atoms with E-state index in [4.69, 9.17) is 0 Å². The van der Waals surface area contributed by atoms with E-state index in [1.54, 1.807) is 0 Å². The van der Waals surface area contributed by atoms with Gasteiger partial charge in [0.05, 0.1) is 0 Å². The second-order valence-electron chi connectivity index (χ2n) is 13.5. The van der Waals surface area contributed by atoms with Crippen LogP contribution in [0.25, 0.3) is 119 Å². The van der Waals surface area contributed by atoms with Crippen LogP contribution in [0.15, 0.2) is 158 Å². The number of rotatable bonds is 2.